The van der Waals surface area contributed by atoms with Gasteiger partial charge in [-0.15, -0.1) is 0 Å². The molecule has 0 aliphatic carbocycles. The van der Waals surface area contributed by atoms with Crippen LogP contribution in [0.3, 0.4) is 0 Å². The molecular formula is C20H25NO2. The summed E-state index contributed by atoms with van der Waals surface area (Å²) < 4.78 is 0. The van der Waals surface area contributed by atoms with Gasteiger partial charge >= 0.3 is 5.97 Å². The topological polar surface area (TPSA) is 49.3 Å². The van der Waals surface area contributed by atoms with Crippen LogP contribution in [0.4, 0.5) is 0 Å². The predicted octanol–water partition coefficient (Wildman–Crippen LogP) is 4.23. The fourth-order valence-electron chi connectivity index (χ4n) is 2.98. The van der Waals surface area contributed by atoms with E-state index in [1.165, 1.54) is 5.56 Å². The van der Waals surface area contributed by atoms with Crippen LogP contribution in [0.15, 0.2) is 54.6 Å². The lowest BCUT2D eigenvalue weighted by Gasteiger charge is -2.35. The molecule has 0 fully saturated rings. The normalized spacial score (nSPS) is 12.8. The molecule has 0 aromatic heterocycles. The highest BCUT2D eigenvalue weighted by Crippen LogP contribution is 2.28. The quantitative estimate of drug-likeness (QED) is 0.804. The number of hydrogen-bond acceptors (Lipinski definition) is 2. The van der Waals surface area contributed by atoms with Crippen LogP contribution in [0.1, 0.15) is 48.7 Å². The molecule has 0 aliphatic rings. The molecule has 1 unspecified atom stereocenters. The van der Waals surface area contributed by atoms with Gasteiger partial charge in [-0.2, -0.15) is 0 Å². The molecule has 2 N–H and O–H groups in total. The summed E-state index contributed by atoms with van der Waals surface area (Å²) in [5, 5.41) is 12.6. The van der Waals surface area contributed by atoms with Crippen molar-refractivity contribution in [2.45, 2.75) is 45.2 Å². The molecule has 122 valence electrons. The highest BCUT2D eigenvalue weighted by molar-refractivity contribution is 5.87. The van der Waals surface area contributed by atoms with Gasteiger partial charge in [0, 0.05) is 18.0 Å². The number of nitrogens with one attached hydrogen (secondary N) is 1. The zero-order valence-corrected chi connectivity index (χ0v) is 14.0. The number of carbonyl (C=O) groups is 1. The summed E-state index contributed by atoms with van der Waals surface area (Å²) in [7, 11) is 0. The maximum absolute atomic E-state index is 10.9. The number of benzene rings is 2. The van der Waals surface area contributed by atoms with E-state index in [9.17, 15) is 4.79 Å². The SMILES string of the molecule is CCC(NCc1ccc(C(=O)O)cc1)C(C)(C)c1ccccc1. The molecule has 1 atom stereocenters. The molecule has 0 radical (unpaired) electrons. The van der Waals surface area contributed by atoms with E-state index in [4.69, 9.17) is 5.11 Å². The van der Waals surface area contributed by atoms with Crippen LogP contribution in [0.25, 0.3) is 0 Å². The number of hydrogen-bond donors (Lipinski definition) is 2. The largest absolute Gasteiger partial charge is 0.478 e. The van der Waals surface area contributed by atoms with Gasteiger partial charge in [-0.3, -0.25) is 0 Å². The minimum atomic E-state index is -0.888. The molecule has 3 nitrogen and oxygen atoms in total. The minimum absolute atomic E-state index is 0.0248. The average molecular weight is 311 g/mol. The van der Waals surface area contributed by atoms with E-state index >= 15 is 0 Å². The third kappa shape index (κ3) is 4.20. The van der Waals surface area contributed by atoms with Gasteiger partial charge in [-0.25, -0.2) is 4.79 Å². The zero-order chi connectivity index (χ0) is 16.9. The van der Waals surface area contributed by atoms with E-state index in [0.29, 0.717) is 11.6 Å². The molecule has 0 aliphatic heterocycles. The molecule has 0 heterocycles. The van der Waals surface area contributed by atoms with Crippen LogP contribution in [0.2, 0.25) is 0 Å². The van der Waals surface area contributed by atoms with Crippen molar-refractivity contribution in [3.63, 3.8) is 0 Å². The second-order valence-corrected chi connectivity index (χ2v) is 6.43. The number of carboxylic acids is 1. The van der Waals surface area contributed by atoms with Gasteiger partial charge in [0.1, 0.15) is 0 Å². The van der Waals surface area contributed by atoms with Crippen LogP contribution >= 0.6 is 0 Å². The van der Waals surface area contributed by atoms with Gasteiger partial charge in [0.25, 0.3) is 0 Å². The predicted molar refractivity (Wildman–Crippen MR) is 93.8 cm³/mol. The Hall–Kier alpha value is -2.13. The van der Waals surface area contributed by atoms with E-state index in [0.717, 1.165) is 18.5 Å². The van der Waals surface area contributed by atoms with Crippen molar-refractivity contribution in [2.24, 2.45) is 0 Å². The van der Waals surface area contributed by atoms with Gasteiger partial charge in [-0.1, -0.05) is 63.2 Å². The molecule has 0 bridgehead atoms. The Morgan fingerprint density at radius 1 is 1.09 bits per heavy atom. The van der Waals surface area contributed by atoms with Crippen molar-refractivity contribution >= 4 is 5.97 Å². The van der Waals surface area contributed by atoms with E-state index in [2.05, 4.69) is 50.4 Å². The van der Waals surface area contributed by atoms with Crippen molar-refractivity contribution in [2.75, 3.05) is 0 Å². The van der Waals surface area contributed by atoms with Gasteiger partial charge in [0.05, 0.1) is 5.56 Å². The Labute approximate surface area is 138 Å². The summed E-state index contributed by atoms with van der Waals surface area (Å²) in [5.74, 6) is -0.888. The zero-order valence-electron chi connectivity index (χ0n) is 14.0. The smallest absolute Gasteiger partial charge is 0.335 e. The first-order chi connectivity index (χ1) is 10.9. The molecule has 0 spiro atoms. The van der Waals surface area contributed by atoms with E-state index in [1.807, 2.05) is 18.2 Å². The highest BCUT2D eigenvalue weighted by atomic mass is 16.4. The third-order valence-electron chi connectivity index (χ3n) is 4.55. The Morgan fingerprint density at radius 3 is 2.22 bits per heavy atom. The Morgan fingerprint density at radius 2 is 1.70 bits per heavy atom. The first-order valence-corrected chi connectivity index (χ1v) is 8.06. The molecule has 0 saturated heterocycles. The summed E-state index contributed by atoms with van der Waals surface area (Å²) in [4.78, 5) is 10.9. The first-order valence-electron chi connectivity index (χ1n) is 8.06. The van der Waals surface area contributed by atoms with Crippen LogP contribution in [-0.4, -0.2) is 17.1 Å². The van der Waals surface area contributed by atoms with E-state index < -0.39 is 5.97 Å². The van der Waals surface area contributed by atoms with Crippen LogP contribution in [-0.2, 0) is 12.0 Å². The summed E-state index contributed by atoms with van der Waals surface area (Å²) >= 11 is 0. The summed E-state index contributed by atoms with van der Waals surface area (Å²) in [5.41, 5.74) is 2.76. The fraction of sp³-hybridized carbons (Fsp3) is 0.350. The third-order valence-corrected chi connectivity index (χ3v) is 4.55. The first kappa shape index (κ1) is 17.2. The van der Waals surface area contributed by atoms with Gasteiger partial charge < -0.3 is 10.4 Å². The standard InChI is InChI=1S/C20H25NO2/c1-4-18(20(2,3)17-8-6-5-7-9-17)21-14-15-10-12-16(13-11-15)19(22)23/h5-13,18,21H,4,14H2,1-3H3,(H,22,23). The Balaban J connectivity index is 2.06. The van der Waals surface area contributed by atoms with E-state index in [-0.39, 0.29) is 5.41 Å². The highest BCUT2D eigenvalue weighted by Gasteiger charge is 2.29. The molecule has 2 rings (SSSR count). The van der Waals surface area contributed by atoms with Crippen molar-refractivity contribution in [3.05, 3.63) is 71.3 Å². The number of rotatable bonds is 7. The lowest BCUT2D eigenvalue weighted by molar-refractivity contribution is 0.0697. The Kier molecular flexibility index (Phi) is 5.56. The molecule has 3 heteroatoms. The molecule has 23 heavy (non-hydrogen) atoms. The molecule has 2 aromatic carbocycles. The van der Waals surface area contributed by atoms with Gasteiger partial charge in [0.2, 0.25) is 0 Å². The minimum Gasteiger partial charge on any atom is -0.478 e. The maximum Gasteiger partial charge on any atom is 0.335 e. The number of carboxylic acid groups (broad SMARTS) is 1. The second-order valence-electron chi connectivity index (χ2n) is 6.43. The molecular weight excluding hydrogens is 286 g/mol. The summed E-state index contributed by atoms with van der Waals surface area (Å²) in [6.45, 7) is 7.44. The van der Waals surface area contributed by atoms with Crippen LogP contribution in [0, 0.1) is 0 Å². The summed E-state index contributed by atoms with van der Waals surface area (Å²) in [6.07, 6.45) is 1.02. The second kappa shape index (κ2) is 7.42. The lowest BCUT2D eigenvalue weighted by Crippen LogP contribution is -2.44. The van der Waals surface area contributed by atoms with E-state index in [1.54, 1.807) is 12.1 Å². The van der Waals surface area contributed by atoms with Crippen molar-refractivity contribution in [1.29, 1.82) is 0 Å². The lowest BCUT2D eigenvalue weighted by atomic mass is 9.76. The monoisotopic (exact) mass is 311 g/mol. The molecule has 2 aromatic rings. The molecule has 0 amide bonds. The average Bonchev–Trinajstić information content (AvgIpc) is 2.56. The van der Waals surface area contributed by atoms with Crippen LogP contribution < -0.4 is 5.32 Å². The van der Waals surface area contributed by atoms with Crippen molar-refractivity contribution in [3.8, 4) is 0 Å². The maximum atomic E-state index is 10.9. The van der Waals surface area contributed by atoms with Gasteiger partial charge in [0.15, 0.2) is 0 Å². The van der Waals surface area contributed by atoms with Gasteiger partial charge in [-0.05, 0) is 29.7 Å². The molecule has 0 saturated carbocycles. The Bertz CT molecular complexity index is 632. The van der Waals surface area contributed by atoms with Crippen LogP contribution in [0.5, 0.6) is 0 Å². The fourth-order valence-corrected chi connectivity index (χ4v) is 2.98. The number of aromatic carboxylic acids is 1. The van der Waals surface area contributed by atoms with Crippen molar-refractivity contribution in [1.82, 2.24) is 5.32 Å². The van der Waals surface area contributed by atoms with Crippen molar-refractivity contribution < 1.29 is 9.90 Å². The summed E-state index contributed by atoms with van der Waals surface area (Å²) in [6, 6.07) is 17.9.